The zero-order valence-electron chi connectivity index (χ0n) is 13.5. The Morgan fingerprint density at radius 2 is 1.77 bits per heavy atom. The zero-order valence-corrected chi connectivity index (χ0v) is 13.5. The van der Waals surface area contributed by atoms with Gasteiger partial charge in [0.2, 0.25) is 5.91 Å². The van der Waals surface area contributed by atoms with Crippen molar-refractivity contribution in [1.82, 2.24) is 5.32 Å². The average Bonchev–Trinajstić information content (AvgIpc) is 2.60. The number of nitrogens with one attached hydrogen (secondary N) is 1. The number of carbonyl (C=O) groups is 2. The first-order valence-electron chi connectivity index (χ1n) is 7.68. The fourth-order valence-electron chi connectivity index (χ4n) is 2.26. The lowest BCUT2D eigenvalue weighted by Crippen LogP contribution is -2.41. The summed E-state index contributed by atoms with van der Waals surface area (Å²) in [4.78, 5) is 23.2. The monoisotopic (exact) mass is 363 g/mol. The minimum absolute atomic E-state index is 0.0965. The molecule has 2 rings (SSSR count). The lowest BCUT2D eigenvalue weighted by molar-refractivity contribution is -0.141. The summed E-state index contributed by atoms with van der Waals surface area (Å²) in [6.45, 7) is 0. The van der Waals surface area contributed by atoms with Gasteiger partial charge in [-0.05, 0) is 29.3 Å². The molecule has 2 aromatic carbocycles. The Balaban J connectivity index is 2.04. The highest BCUT2D eigenvalue weighted by Crippen LogP contribution is 2.29. The van der Waals surface area contributed by atoms with Gasteiger partial charge in [0.1, 0.15) is 6.04 Å². The number of aliphatic carboxylic acids is 1. The topological polar surface area (TPSA) is 66.4 Å². The van der Waals surface area contributed by atoms with Crippen LogP contribution < -0.4 is 5.32 Å². The molecule has 1 amide bonds. The summed E-state index contributed by atoms with van der Waals surface area (Å²) >= 11 is 0. The number of hydrogen-bond donors (Lipinski definition) is 2. The minimum Gasteiger partial charge on any atom is -0.480 e. The normalized spacial score (nSPS) is 12.7. The van der Waals surface area contributed by atoms with Gasteiger partial charge in [0.15, 0.2) is 0 Å². The van der Waals surface area contributed by atoms with Crippen LogP contribution in [0.3, 0.4) is 0 Å². The number of carbonyl (C=O) groups excluding carboxylic acids is 1. The second kappa shape index (κ2) is 8.33. The number of carboxylic acids is 1. The summed E-state index contributed by atoms with van der Waals surface area (Å²) in [7, 11) is 0. The molecule has 0 radical (unpaired) electrons. The summed E-state index contributed by atoms with van der Waals surface area (Å²) in [5.74, 6) is -1.90. The molecular weight excluding hydrogens is 347 g/mol. The first-order valence-corrected chi connectivity index (χ1v) is 7.68. The molecule has 0 bridgehead atoms. The summed E-state index contributed by atoms with van der Waals surface area (Å²) in [6, 6.07) is 12.1. The van der Waals surface area contributed by atoms with Crippen molar-refractivity contribution in [2.75, 3.05) is 0 Å². The number of rotatable bonds is 6. The Kier molecular flexibility index (Phi) is 6.16. The predicted molar refractivity (Wildman–Crippen MR) is 90.2 cm³/mol. The Hall–Kier alpha value is -3.09. The van der Waals surface area contributed by atoms with E-state index >= 15 is 0 Å². The molecule has 0 aliphatic heterocycles. The summed E-state index contributed by atoms with van der Waals surface area (Å²) in [6.07, 6.45) is -2.17. The fourth-order valence-corrected chi connectivity index (χ4v) is 2.26. The SMILES string of the molecule is O=C(C=Cc1cccc(C(F)(F)F)c1)NC(Cc1ccccc1)C(=O)O. The van der Waals surface area contributed by atoms with Crippen LogP contribution in [0.5, 0.6) is 0 Å². The van der Waals surface area contributed by atoms with E-state index in [0.29, 0.717) is 0 Å². The standard InChI is InChI=1S/C19H16F3NO3/c20-19(21,22)15-8-4-7-14(11-15)9-10-17(24)23-16(18(25)26)12-13-5-2-1-3-6-13/h1-11,16H,12H2,(H,23,24)(H,25,26). The van der Waals surface area contributed by atoms with Crippen LogP contribution in [0, 0.1) is 0 Å². The molecular formula is C19H16F3NO3. The van der Waals surface area contributed by atoms with Crippen LogP contribution in [-0.4, -0.2) is 23.0 Å². The highest BCUT2D eigenvalue weighted by molar-refractivity contribution is 5.94. The van der Waals surface area contributed by atoms with Crippen molar-refractivity contribution in [1.29, 1.82) is 0 Å². The first kappa shape index (κ1) is 19.2. The van der Waals surface area contributed by atoms with E-state index in [1.165, 1.54) is 18.2 Å². The Morgan fingerprint density at radius 1 is 1.08 bits per heavy atom. The molecule has 1 unspecified atom stereocenters. The van der Waals surface area contributed by atoms with Crippen LogP contribution in [0.2, 0.25) is 0 Å². The number of alkyl halides is 3. The largest absolute Gasteiger partial charge is 0.480 e. The molecule has 0 heterocycles. The lowest BCUT2D eigenvalue weighted by Gasteiger charge is -2.13. The number of halogens is 3. The van der Waals surface area contributed by atoms with Gasteiger partial charge in [-0.3, -0.25) is 4.79 Å². The van der Waals surface area contributed by atoms with E-state index in [2.05, 4.69) is 5.32 Å². The van der Waals surface area contributed by atoms with Crippen LogP contribution >= 0.6 is 0 Å². The van der Waals surface area contributed by atoms with Crippen LogP contribution in [0.4, 0.5) is 13.2 Å². The third-order valence-electron chi connectivity index (χ3n) is 3.54. The first-order chi connectivity index (χ1) is 12.3. The minimum atomic E-state index is -4.48. The maximum absolute atomic E-state index is 12.7. The van der Waals surface area contributed by atoms with Crippen molar-refractivity contribution >= 4 is 18.0 Å². The van der Waals surface area contributed by atoms with Crippen molar-refractivity contribution < 1.29 is 27.9 Å². The van der Waals surface area contributed by atoms with E-state index < -0.39 is 29.7 Å². The van der Waals surface area contributed by atoms with Crippen molar-refractivity contribution in [3.05, 3.63) is 77.4 Å². The highest BCUT2D eigenvalue weighted by Gasteiger charge is 2.30. The average molecular weight is 363 g/mol. The van der Waals surface area contributed by atoms with Gasteiger partial charge in [-0.1, -0.05) is 42.5 Å². The molecule has 0 fully saturated rings. The van der Waals surface area contributed by atoms with Gasteiger partial charge in [-0.25, -0.2) is 4.79 Å². The zero-order chi connectivity index (χ0) is 19.2. The molecule has 0 saturated carbocycles. The van der Waals surface area contributed by atoms with Gasteiger partial charge in [-0.15, -0.1) is 0 Å². The predicted octanol–water partition coefficient (Wildman–Crippen LogP) is 3.53. The van der Waals surface area contributed by atoms with Gasteiger partial charge < -0.3 is 10.4 Å². The van der Waals surface area contributed by atoms with E-state index in [4.69, 9.17) is 0 Å². The van der Waals surface area contributed by atoms with Gasteiger partial charge >= 0.3 is 12.1 Å². The molecule has 0 aromatic heterocycles. The second-order valence-electron chi connectivity index (χ2n) is 5.55. The molecule has 0 spiro atoms. The van der Waals surface area contributed by atoms with E-state index in [0.717, 1.165) is 23.8 Å². The second-order valence-corrected chi connectivity index (χ2v) is 5.55. The Morgan fingerprint density at radius 3 is 2.38 bits per heavy atom. The van der Waals surface area contributed by atoms with E-state index in [9.17, 15) is 27.9 Å². The van der Waals surface area contributed by atoms with Gasteiger partial charge in [0, 0.05) is 12.5 Å². The van der Waals surface area contributed by atoms with Crippen molar-refractivity contribution in [3.8, 4) is 0 Å². The summed E-state index contributed by atoms with van der Waals surface area (Å²) < 4.78 is 38.0. The maximum atomic E-state index is 12.7. The van der Waals surface area contributed by atoms with E-state index in [1.807, 2.05) is 0 Å². The van der Waals surface area contributed by atoms with Gasteiger partial charge in [0.05, 0.1) is 5.56 Å². The lowest BCUT2D eigenvalue weighted by atomic mass is 10.1. The number of hydrogen-bond acceptors (Lipinski definition) is 2. The van der Waals surface area contributed by atoms with Crippen molar-refractivity contribution in [3.63, 3.8) is 0 Å². The Bertz CT molecular complexity index is 801. The van der Waals surface area contributed by atoms with Crippen LogP contribution in [-0.2, 0) is 22.2 Å². The van der Waals surface area contributed by atoms with Crippen LogP contribution in [0.1, 0.15) is 16.7 Å². The highest BCUT2D eigenvalue weighted by atomic mass is 19.4. The number of benzene rings is 2. The smallest absolute Gasteiger partial charge is 0.416 e. The van der Waals surface area contributed by atoms with E-state index in [1.54, 1.807) is 30.3 Å². The van der Waals surface area contributed by atoms with Gasteiger partial charge in [0.25, 0.3) is 0 Å². The molecule has 0 aliphatic carbocycles. The number of carboxylic acid groups (broad SMARTS) is 1. The van der Waals surface area contributed by atoms with Crippen LogP contribution in [0.25, 0.3) is 6.08 Å². The molecule has 26 heavy (non-hydrogen) atoms. The Labute approximate surface area is 148 Å². The quantitative estimate of drug-likeness (QED) is 0.772. The third kappa shape index (κ3) is 5.77. The molecule has 4 nitrogen and oxygen atoms in total. The maximum Gasteiger partial charge on any atom is 0.416 e. The third-order valence-corrected chi connectivity index (χ3v) is 3.54. The summed E-state index contributed by atoms with van der Waals surface area (Å²) in [5.41, 5.74) is 0.0968. The summed E-state index contributed by atoms with van der Waals surface area (Å²) in [5, 5.41) is 11.6. The molecule has 0 aliphatic rings. The van der Waals surface area contributed by atoms with Crippen molar-refractivity contribution in [2.45, 2.75) is 18.6 Å². The van der Waals surface area contributed by atoms with E-state index in [-0.39, 0.29) is 12.0 Å². The molecule has 7 heteroatoms. The number of amides is 1. The van der Waals surface area contributed by atoms with Gasteiger partial charge in [-0.2, -0.15) is 13.2 Å². The molecule has 0 saturated heterocycles. The van der Waals surface area contributed by atoms with Crippen LogP contribution in [0.15, 0.2) is 60.7 Å². The fraction of sp³-hybridized carbons (Fsp3) is 0.158. The van der Waals surface area contributed by atoms with Crippen molar-refractivity contribution in [2.24, 2.45) is 0 Å². The molecule has 2 aromatic rings. The molecule has 1 atom stereocenters. The molecule has 136 valence electrons. The molecule has 2 N–H and O–H groups in total.